The van der Waals surface area contributed by atoms with Gasteiger partial charge in [0.1, 0.15) is 5.71 Å². The lowest BCUT2D eigenvalue weighted by Crippen LogP contribution is -2.35. The molecule has 0 atom stereocenters. The maximum atomic E-state index is 12.4. The number of ether oxygens (including phenoxy) is 1. The molecule has 2 aromatic carbocycles. The SMILES string of the molecule is Cc1ccc(NC(=O)COC(=O)C2=NN(c3ccccc3)C(=O)CC2)cc1S(=O)(=O)N(C)C. The van der Waals surface area contributed by atoms with Gasteiger partial charge in [0.25, 0.3) is 5.91 Å². The Bertz CT molecular complexity index is 1210. The summed E-state index contributed by atoms with van der Waals surface area (Å²) in [6.07, 6.45) is 0.188. The Morgan fingerprint density at radius 2 is 1.82 bits per heavy atom. The number of carbonyl (C=O) groups excluding carboxylic acids is 3. The first-order valence-corrected chi connectivity index (χ1v) is 11.5. The third-order valence-electron chi connectivity index (χ3n) is 4.83. The van der Waals surface area contributed by atoms with Crippen LogP contribution in [0.1, 0.15) is 18.4 Å². The summed E-state index contributed by atoms with van der Waals surface area (Å²) >= 11 is 0. The minimum Gasteiger partial charge on any atom is -0.451 e. The van der Waals surface area contributed by atoms with Crippen molar-refractivity contribution < 1.29 is 27.5 Å². The normalized spacial score (nSPS) is 14.1. The number of anilines is 2. The standard InChI is InChI=1S/C22H24N4O6S/c1-15-9-10-16(13-19(15)33(30,31)25(2)3)23-20(27)14-32-22(29)18-11-12-21(28)26(24-18)17-7-5-4-6-8-17/h4-10,13H,11-12,14H2,1-3H3,(H,23,27). The molecule has 0 spiro atoms. The average Bonchev–Trinajstić information content (AvgIpc) is 2.79. The fraction of sp³-hybridized carbons (Fsp3) is 0.273. The van der Waals surface area contributed by atoms with Crippen molar-refractivity contribution in [3.63, 3.8) is 0 Å². The third-order valence-corrected chi connectivity index (χ3v) is 6.79. The zero-order chi connectivity index (χ0) is 24.2. The number of hydrogen-bond donors (Lipinski definition) is 1. The van der Waals surface area contributed by atoms with Crippen molar-refractivity contribution in [2.45, 2.75) is 24.7 Å². The lowest BCUT2D eigenvalue weighted by Gasteiger charge is -2.22. The molecule has 33 heavy (non-hydrogen) atoms. The summed E-state index contributed by atoms with van der Waals surface area (Å²) in [5.41, 5.74) is 1.33. The Labute approximate surface area is 191 Å². The number of aryl methyl sites for hydroxylation is 1. The number of sulfonamides is 1. The topological polar surface area (TPSA) is 125 Å². The van der Waals surface area contributed by atoms with Crippen molar-refractivity contribution in [3.05, 3.63) is 54.1 Å². The Hall–Kier alpha value is -3.57. The van der Waals surface area contributed by atoms with Crippen LogP contribution in [0.2, 0.25) is 0 Å². The maximum Gasteiger partial charge on any atom is 0.355 e. The number of para-hydroxylation sites is 1. The number of carbonyl (C=O) groups is 3. The molecule has 3 rings (SSSR count). The monoisotopic (exact) mass is 472 g/mol. The van der Waals surface area contributed by atoms with Gasteiger partial charge >= 0.3 is 5.97 Å². The predicted octanol–water partition coefficient (Wildman–Crippen LogP) is 1.91. The minimum absolute atomic E-state index is 0.0287. The van der Waals surface area contributed by atoms with Gasteiger partial charge in [0.15, 0.2) is 6.61 Å². The molecule has 1 heterocycles. The van der Waals surface area contributed by atoms with Crippen LogP contribution in [0.5, 0.6) is 0 Å². The van der Waals surface area contributed by atoms with Gasteiger partial charge in [-0.3, -0.25) is 9.59 Å². The van der Waals surface area contributed by atoms with Crippen LogP contribution < -0.4 is 10.3 Å². The fourth-order valence-electron chi connectivity index (χ4n) is 3.04. The first kappa shape index (κ1) is 24.1. The Morgan fingerprint density at radius 3 is 2.48 bits per heavy atom. The van der Waals surface area contributed by atoms with Gasteiger partial charge < -0.3 is 10.1 Å². The van der Waals surface area contributed by atoms with Crippen LogP contribution >= 0.6 is 0 Å². The number of amides is 2. The number of esters is 1. The van der Waals surface area contributed by atoms with Crippen LogP contribution in [0.15, 0.2) is 58.5 Å². The van der Waals surface area contributed by atoms with Crippen LogP contribution in [0.25, 0.3) is 0 Å². The van der Waals surface area contributed by atoms with Gasteiger partial charge in [-0.05, 0) is 36.8 Å². The Morgan fingerprint density at radius 1 is 1.12 bits per heavy atom. The molecule has 0 bridgehead atoms. The molecule has 0 aromatic heterocycles. The van der Waals surface area contributed by atoms with E-state index in [1.807, 2.05) is 0 Å². The van der Waals surface area contributed by atoms with Crippen LogP contribution in [-0.2, 0) is 29.1 Å². The summed E-state index contributed by atoms with van der Waals surface area (Å²) < 4.78 is 31.0. The molecule has 11 heteroatoms. The maximum absolute atomic E-state index is 12.4. The first-order chi connectivity index (χ1) is 15.6. The number of hydrogen-bond acceptors (Lipinski definition) is 7. The highest BCUT2D eigenvalue weighted by molar-refractivity contribution is 7.89. The van der Waals surface area contributed by atoms with Crippen molar-refractivity contribution in [3.8, 4) is 0 Å². The van der Waals surface area contributed by atoms with E-state index in [2.05, 4.69) is 10.4 Å². The molecular formula is C22H24N4O6S. The second-order valence-corrected chi connectivity index (χ2v) is 9.60. The second kappa shape index (κ2) is 9.92. The van der Waals surface area contributed by atoms with E-state index >= 15 is 0 Å². The molecule has 0 saturated heterocycles. The zero-order valence-corrected chi connectivity index (χ0v) is 19.3. The van der Waals surface area contributed by atoms with E-state index in [0.29, 0.717) is 11.3 Å². The average molecular weight is 473 g/mol. The largest absolute Gasteiger partial charge is 0.451 e. The first-order valence-electron chi connectivity index (χ1n) is 10.0. The lowest BCUT2D eigenvalue weighted by atomic mass is 10.1. The molecule has 0 saturated carbocycles. The molecule has 1 aliphatic heterocycles. The van der Waals surface area contributed by atoms with Crippen LogP contribution in [-0.4, -0.2) is 56.9 Å². The molecule has 2 amide bonds. The summed E-state index contributed by atoms with van der Waals surface area (Å²) in [5.74, 6) is -1.70. The summed E-state index contributed by atoms with van der Waals surface area (Å²) in [6.45, 7) is 1.05. The smallest absolute Gasteiger partial charge is 0.355 e. The Kier molecular flexibility index (Phi) is 7.24. The van der Waals surface area contributed by atoms with Gasteiger partial charge in [0, 0.05) is 32.6 Å². The molecule has 0 fully saturated rings. The highest BCUT2D eigenvalue weighted by atomic mass is 32.2. The van der Waals surface area contributed by atoms with Crippen LogP contribution in [0, 0.1) is 6.92 Å². The summed E-state index contributed by atoms with van der Waals surface area (Å²) in [4.78, 5) is 36.9. The summed E-state index contributed by atoms with van der Waals surface area (Å²) in [5, 5.41) is 7.74. The summed E-state index contributed by atoms with van der Waals surface area (Å²) in [7, 11) is -0.857. The van der Waals surface area contributed by atoms with E-state index in [1.165, 1.54) is 20.2 Å². The highest BCUT2D eigenvalue weighted by Gasteiger charge is 2.27. The third kappa shape index (κ3) is 5.62. The van der Waals surface area contributed by atoms with E-state index in [1.54, 1.807) is 49.4 Å². The van der Waals surface area contributed by atoms with Gasteiger partial charge in [0.2, 0.25) is 15.9 Å². The number of benzene rings is 2. The highest BCUT2D eigenvalue weighted by Crippen LogP contribution is 2.23. The van der Waals surface area contributed by atoms with E-state index in [-0.39, 0.29) is 35.0 Å². The molecule has 1 N–H and O–H groups in total. The van der Waals surface area contributed by atoms with Crippen molar-refractivity contribution in [2.24, 2.45) is 5.10 Å². The van der Waals surface area contributed by atoms with Crippen molar-refractivity contribution in [1.29, 1.82) is 0 Å². The number of nitrogens with zero attached hydrogens (tertiary/aromatic N) is 3. The van der Waals surface area contributed by atoms with Gasteiger partial charge in [0.05, 0.1) is 10.6 Å². The summed E-state index contributed by atoms with van der Waals surface area (Å²) in [6, 6.07) is 13.1. The zero-order valence-electron chi connectivity index (χ0n) is 18.4. The number of hydrazone groups is 1. The number of rotatable bonds is 7. The van der Waals surface area contributed by atoms with Gasteiger partial charge in [-0.2, -0.15) is 5.10 Å². The molecule has 0 radical (unpaired) electrons. The fourth-order valence-corrected chi connectivity index (χ4v) is 4.18. The molecule has 1 aliphatic rings. The molecule has 174 valence electrons. The minimum atomic E-state index is -3.69. The van der Waals surface area contributed by atoms with Gasteiger partial charge in [-0.15, -0.1) is 0 Å². The number of nitrogens with one attached hydrogen (secondary N) is 1. The molecule has 0 aliphatic carbocycles. The van der Waals surface area contributed by atoms with Crippen molar-refractivity contribution >= 4 is 44.9 Å². The molecular weight excluding hydrogens is 448 g/mol. The van der Waals surface area contributed by atoms with Crippen LogP contribution in [0.4, 0.5) is 11.4 Å². The molecule has 10 nitrogen and oxygen atoms in total. The Balaban J connectivity index is 1.64. The molecule has 0 unspecified atom stereocenters. The van der Waals surface area contributed by atoms with Crippen LogP contribution in [0.3, 0.4) is 0 Å². The van der Waals surface area contributed by atoms with E-state index in [9.17, 15) is 22.8 Å². The van der Waals surface area contributed by atoms with Gasteiger partial charge in [-0.1, -0.05) is 24.3 Å². The van der Waals surface area contributed by atoms with Gasteiger partial charge in [-0.25, -0.2) is 22.5 Å². The second-order valence-electron chi connectivity index (χ2n) is 7.48. The van der Waals surface area contributed by atoms with Crippen molar-refractivity contribution in [2.75, 3.05) is 31.0 Å². The van der Waals surface area contributed by atoms with E-state index in [4.69, 9.17) is 4.74 Å². The predicted molar refractivity (Wildman–Crippen MR) is 122 cm³/mol. The van der Waals surface area contributed by atoms with Crippen molar-refractivity contribution in [1.82, 2.24) is 4.31 Å². The van der Waals surface area contributed by atoms with E-state index < -0.39 is 28.5 Å². The molecule has 2 aromatic rings. The lowest BCUT2D eigenvalue weighted by molar-refractivity contribution is -0.140. The van der Waals surface area contributed by atoms with E-state index in [0.717, 1.165) is 9.31 Å². The quantitative estimate of drug-likeness (QED) is 0.614.